The lowest BCUT2D eigenvalue weighted by molar-refractivity contribution is -0.142. The molecule has 0 aliphatic carbocycles. The second kappa shape index (κ2) is 8.58. The van der Waals surface area contributed by atoms with Crippen molar-refractivity contribution in [1.82, 2.24) is 0 Å². The molecule has 0 aliphatic heterocycles. The van der Waals surface area contributed by atoms with Gasteiger partial charge in [0.05, 0.1) is 5.69 Å². The van der Waals surface area contributed by atoms with Gasteiger partial charge in [0.1, 0.15) is 0 Å². The molecule has 0 fully saturated rings. The second-order valence-corrected chi connectivity index (χ2v) is 4.09. The number of benzene rings is 1. The molecule has 1 aromatic carbocycles. The van der Waals surface area contributed by atoms with Crippen molar-refractivity contribution in [3.63, 3.8) is 0 Å². The highest BCUT2D eigenvalue weighted by molar-refractivity contribution is 5.91. The number of carbonyl (C=O) groups excluding carboxylic acids is 2. The molecule has 112 valence electrons. The van der Waals surface area contributed by atoms with Crippen LogP contribution in [0.4, 0.5) is 11.4 Å². The predicted molar refractivity (Wildman–Crippen MR) is 76.3 cm³/mol. The van der Waals surface area contributed by atoms with Gasteiger partial charge in [0.2, 0.25) is 5.91 Å². The quantitative estimate of drug-likeness (QED) is 0.450. The molecule has 7 nitrogen and oxygen atoms in total. The number of nitrogens with one attached hydrogen (secondary N) is 1. The van der Waals surface area contributed by atoms with Crippen molar-refractivity contribution < 1.29 is 19.5 Å². The van der Waals surface area contributed by atoms with Gasteiger partial charge in [-0.2, -0.15) is 0 Å². The Morgan fingerprint density at radius 2 is 2.00 bits per heavy atom. The number of carbonyl (C=O) groups is 2. The first-order valence-electron chi connectivity index (χ1n) is 6.18. The largest absolute Gasteiger partial charge is 0.733 e. The van der Waals surface area contributed by atoms with E-state index in [1.54, 1.807) is 0 Å². The summed E-state index contributed by atoms with van der Waals surface area (Å²) in [7, 11) is 0. The number of anilines is 2. The van der Waals surface area contributed by atoms with Crippen LogP contribution in [-0.4, -0.2) is 23.7 Å². The molecular formula is C14H15N2O5-. The lowest BCUT2D eigenvalue weighted by atomic mass is 10.2. The normalized spacial score (nSPS) is 9.57. The van der Waals surface area contributed by atoms with Crippen molar-refractivity contribution in [1.29, 1.82) is 0 Å². The molecule has 0 aliphatic rings. The van der Waals surface area contributed by atoms with E-state index in [9.17, 15) is 14.8 Å². The van der Waals surface area contributed by atoms with E-state index in [2.05, 4.69) is 16.0 Å². The average molecular weight is 291 g/mol. The van der Waals surface area contributed by atoms with E-state index < -0.39 is 5.97 Å². The molecule has 0 saturated carbocycles. The van der Waals surface area contributed by atoms with Crippen LogP contribution in [0.5, 0.6) is 0 Å². The molecule has 0 aromatic heterocycles. The fourth-order valence-electron chi connectivity index (χ4n) is 1.48. The molecule has 0 radical (unpaired) electrons. The van der Waals surface area contributed by atoms with Crippen molar-refractivity contribution in [3.8, 4) is 12.3 Å². The highest BCUT2D eigenvalue weighted by Crippen LogP contribution is 2.16. The third kappa shape index (κ3) is 6.42. The van der Waals surface area contributed by atoms with Gasteiger partial charge in [-0.3, -0.25) is 14.8 Å². The zero-order chi connectivity index (χ0) is 15.7. The molecule has 0 unspecified atom stereocenters. The van der Waals surface area contributed by atoms with Crippen LogP contribution >= 0.6 is 0 Å². The number of hydrogen-bond donors (Lipinski definition) is 2. The summed E-state index contributed by atoms with van der Waals surface area (Å²) in [6.45, 7) is -0.0705. The molecular weight excluding hydrogens is 276 g/mol. The molecule has 0 spiro atoms. The standard InChI is InChI=1S/C14H15N2O5/c1-2-10-21-14(18)5-3-4-13(17)15-11-6-8-12(9-7-11)16(19)20/h1,6-9,19H,3-5,10H2,(H,15,17)/q-1. The maximum atomic E-state index is 11.6. The highest BCUT2D eigenvalue weighted by Gasteiger charge is 2.06. The van der Waals surface area contributed by atoms with Crippen LogP contribution in [0, 0.1) is 17.6 Å². The van der Waals surface area contributed by atoms with E-state index in [0.29, 0.717) is 12.1 Å². The third-order valence-corrected chi connectivity index (χ3v) is 2.47. The Morgan fingerprint density at radius 3 is 2.57 bits per heavy atom. The number of hydrogen-bond acceptors (Lipinski definition) is 6. The monoisotopic (exact) mass is 291 g/mol. The van der Waals surface area contributed by atoms with Crippen molar-refractivity contribution in [2.75, 3.05) is 17.2 Å². The van der Waals surface area contributed by atoms with E-state index in [1.165, 1.54) is 24.3 Å². The van der Waals surface area contributed by atoms with E-state index in [-0.39, 0.29) is 36.3 Å². The molecule has 1 amide bonds. The summed E-state index contributed by atoms with van der Waals surface area (Å²) in [6.07, 6.45) is 5.55. The minimum absolute atomic E-state index is 0.0595. The average Bonchev–Trinajstić information content (AvgIpc) is 2.45. The summed E-state index contributed by atoms with van der Waals surface area (Å²) in [6, 6.07) is 5.69. The van der Waals surface area contributed by atoms with Crippen LogP contribution in [-0.2, 0) is 14.3 Å². The lowest BCUT2D eigenvalue weighted by Crippen LogP contribution is -2.13. The van der Waals surface area contributed by atoms with Gasteiger partial charge < -0.3 is 20.5 Å². The highest BCUT2D eigenvalue weighted by atomic mass is 16.8. The maximum absolute atomic E-state index is 11.6. The first kappa shape index (κ1) is 16.5. The van der Waals surface area contributed by atoms with Gasteiger partial charge in [0.15, 0.2) is 6.61 Å². The number of nitrogens with zero attached hydrogens (tertiary/aromatic N) is 1. The fourth-order valence-corrected chi connectivity index (χ4v) is 1.48. The van der Waals surface area contributed by atoms with Crippen molar-refractivity contribution in [2.24, 2.45) is 0 Å². The Kier molecular flexibility index (Phi) is 6.74. The van der Waals surface area contributed by atoms with Crippen molar-refractivity contribution in [3.05, 3.63) is 29.5 Å². The number of rotatable bonds is 7. The molecule has 1 rings (SSSR count). The summed E-state index contributed by atoms with van der Waals surface area (Å²) in [5.41, 5.74) is 0.546. The van der Waals surface area contributed by atoms with Crippen LogP contribution < -0.4 is 10.5 Å². The van der Waals surface area contributed by atoms with Crippen LogP contribution in [0.15, 0.2) is 24.3 Å². The Balaban J connectivity index is 2.30. The summed E-state index contributed by atoms with van der Waals surface area (Å²) < 4.78 is 4.66. The van der Waals surface area contributed by atoms with Gasteiger partial charge in [-0.1, -0.05) is 5.92 Å². The predicted octanol–water partition coefficient (Wildman–Crippen LogP) is 1.67. The van der Waals surface area contributed by atoms with Crippen molar-refractivity contribution >= 4 is 23.3 Å². The summed E-state index contributed by atoms with van der Waals surface area (Å²) >= 11 is 0. The Labute approximate surface area is 122 Å². The molecule has 1 aromatic rings. The summed E-state index contributed by atoms with van der Waals surface area (Å²) in [4.78, 5) is 22.7. The van der Waals surface area contributed by atoms with E-state index in [1.807, 2.05) is 0 Å². The van der Waals surface area contributed by atoms with Gasteiger partial charge in [0, 0.05) is 18.5 Å². The molecule has 0 heterocycles. The minimum Gasteiger partial charge on any atom is -0.733 e. The molecule has 0 atom stereocenters. The van der Waals surface area contributed by atoms with E-state index in [0.717, 1.165) is 0 Å². The van der Waals surface area contributed by atoms with Crippen molar-refractivity contribution in [2.45, 2.75) is 19.3 Å². The van der Waals surface area contributed by atoms with Gasteiger partial charge >= 0.3 is 5.97 Å². The van der Waals surface area contributed by atoms with E-state index in [4.69, 9.17) is 11.6 Å². The molecule has 0 bridgehead atoms. The Hall–Kier alpha value is -2.56. The van der Waals surface area contributed by atoms with Gasteiger partial charge in [-0.25, -0.2) is 0 Å². The minimum atomic E-state index is -0.441. The topological polar surface area (TPSA) is 102 Å². The maximum Gasteiger partial charge on any atom is 0.306 e. The Morgan fingerprint density at radius 1 is 1.33 bits per heavy atom. The second-order valence-electron chi connectivity index (χ2n) is 4.09. The van der Waals surface area contributed by atoms with Crippen LogP contribution in [0.1, 0.15) is 19.3 Å². The summed E-state index contributed by atoms with van der Waals surface area (Å²) in [5.74, 6) is 1.47. The van der Waals surface area contributed by atoms with Gasteiger partial charge in [-0.15, -0.1) is 6.42 Å². The number of esters is 1. The number of terminal acetylenes is 1. The van der Waals surface area contributed by atoms with Crippen LogP contribution in [0.25, 0.3) is 0 Å². The van der Waals surface area contributed by atoms with Gasteiger partial charge in [0.25, 0.3) is 0 Å². The zero-order valence-corrected chi connectivity index (χ0v) is 11.2. The van der Waals surface area contributed by atoms with Crippen LogP contribution in [0.2, 0.25) is 0 Å². The number of ether oxygens (including phenoxy) is 1. The molecule has 21 heavy (non-hydrogen) atoms. The summed E-state index contributed by atoms with van der Waals surface area (Å²) in [5, 5.41) is 21.6. The fraction of sp³-hybridized carbons (Fsp3) is 0.286. The van der Waals surface area contributed by atoms with E-state index >= 15 is 0 Å². The first-order chi connectivity index (χ1) is 10.0. The third-order valence-electron chi connectivity index (χ3n) is 2.47. The first-order valence-corrected chi connectivity index (χ1v) is 6.18. The van der Waals surface area contributed by atoms with Crippen LogP contribution in [0.3, 0.4) is 0 Å². The Bertz CT molecular complexity index is 519. The zero-order valence-electron chi connectivity index (χ0n) is 11.2. The van der Waals surface area contributed by atoms with Gasteiger partial charge in [-0.05, 0) is 30.7 Å². The molecule has 0 saturated heterocycles. The molecule has 2 N–H and O–H groups in total. The SMILES string of the molecule is C#CCOC(=O)CCCC(=O)Nc1ccc(N([O-])O)cc1. The molecule has 7 heteroatoms. The number of amides is 1. The smallest absolute Gasteiger partial charge is 0.306 e. The lowest BCUT2D eigenvalue weighted by Gasteiger charge is -2.21.